The van der Waals surface area contributed by atoms with E-state index in [-0.39, 0.29) is 0 Å². The number of terminal acetylenes is 1. The summed E-state index contributed by atoms with van der Waals surface area (Å²) in [5, 5.41) is 3.09. The quantitative estimate of drug-likeness (QED) is 0.621. The largest absolute Gasteiger partial charge is 0.314 e. The molecule has 0 bridgehead atoms. The van der Waals surface area contributed by atoms with Crippen molar-refractivity contribution < 1.29 is 8.42 Å². The molecule has 1 aliphatic rings. The molecule has 1 fully saturated rings. The van der Waals surface area contributed by atoms with Gasteiger partial charge in [-0.3, -0.25) is 0 Å². The maximum Gasteiger partial charge on any atom is 0.280 e. The molecule has 0 unspecified atom stereocenters. The van der Waals surface area contributed by atoms with E-state index in [9.17, 15) is 8.42 Å². The maximum atomic E-state index is 11.9. The average molecular weight is 231 g/mol. The van der Waals surface area contributed by atoms with Gasteiger partial charge in [0, 0.05) is 26.2 Å². The summed E-state index contributed by atoms with van der Waals surface area (Å²) in [6.07, 6.45) is 5.24. The zero-order chi connectivity index (χ0) is 11.5. The molecule has 0 aromatic rings. The van der Waals surface area contributed by atoms with E-state index in [0.29, 0.717) is 26.2 Å². The maximum absolute atomic E-state index is 11.9. The molecule has 0 atom stereocenters. The van der Waals surface area contributed by atoms with E-state index in [0.717, 1.165) is 0 Å². The van der Waals surface area contributed by atoms with Gasteiger partial charge in [0.25, 0.3) is 10.2 Å². The molecule has 0 aromatic heterocycles. The van der Waals surface area contributed by atoms with Gasteiger partial charge in [-0.1, -0.05) is 5.92 Å². The van der Waals surface area contributed by atoms with E-state index >= 15 is 0 Å². The first-order valence-corrected chi connectivity index (χ1v) is 6.29. The van der Waals surface area contributed by atoms with Crippen molar-refractivity contribution in [2.45, 2.75) is 19.4 Å². The third-order valence-electron chi connectivity index (χ3n) is 2.16. The molecule has 0 aliphatic carbocycles. The Balaban J connectivity index is 2.71. The predicted molar refractivity (Wildman–Crippen MR) is 59.4 cm³/mol. The molecule has 6 heteroatoms. The van der Waals surface area contributed by atoms with Crippen molar-refractivity contribution in [1.29, 1.82) is 0 Å². The number of piperazine rings is 1. The Labute approximate surface area is 91.4 Å². The van der Waals surface area contributed by atoms with Crippen LogP contribution in [0.3, 0.4) is 0 Å². The molecular formula is C9H17N3O2S. The third kappa shape index (κ3) is 3.47. The Hall–Kier alpha value is -0.610. The van der Waals surface area contributed by atoms with Crippen molar-refractivity contribution in [3.05, 3.63) is 0 Å². The molecule has 0 aromatic carbocycles. The predicted octanol–water partition coefficient (Wildman–Crippen LogP) is -0.862. The van der Waals surface area contributed by atoms with Gasteiger partial charge in [-0.25, -0.2) is 0 Å². The second-order valence-corrected chi connectivity index (χ2v) is 5.70. The Bertz CT molecular complexity index is 350. The van der Waals surface area contributed by atoms with Crippen LogP contribution in [0.15, 0.2) is 0 Å². The summed E-state index contributed by atoms with van der Waals surface area (Å²) in [5.41, 5.74) is -0.844. The number of hydrogen-bond acceptors (Lipinski definition) is 3. The molecule has 1 rings (SSSR count). The van der Waals surface area contributed by atoms with Gasteiger partial charge in [-0.15, -0.1) is 6.42 Å². The highest BCUT2D eigenvalue weighted by Crippen LogP contribution is 2.07. The standard InChI is InChI=1S/C9H17N3O2S/c1-4-9(2,3)11-15(13,14)12-7-5-10-6-8-12/h1,10-11H,5-8H2,2-3H3. The fourth-order valence-electron chi connectivity index (χ4n) is 1.30. The number of nitrogens with zero attached hydrogens (tertiary/aromatic N) is 1. The van der Waals surface area contributed by atoms with E-state index < -0.39 is 15.7 Å². The van der Waals surface area contributed by atoms with Crippen LogP contribution in [-0.4, -0.2) is 44.4 Å². The van der Waals surface area contributed by atoms with Crippen LogP contribution in [0, 0.1) is 12.3 Å². The van der Waals surface area contributed by atoms with E-state index in [1.54, 1.807) is 13.8 Å². The first-order valence-electron chi connectivity index (χ1n) is 4.85. The van der Waals surface area contributed by atoms with Gasteiger partial charge >= 0.3 is 0 Å². The Morgan fingerprint density at radius 3 is 2.40 bits per heavy atom. The minimum Gasteiger partial charge on any atom is -0.314 e. The lowest BCUT2D eigenvalue weighted by molar-refractivity contribution is 0.349. The highest BCUT2D eigenvalue weighted by atomic mass is 32.2. The van der Waals surface area contributed by atoms with E-state index in [1.165, 1.54) is 4.31 Å². The van der Waals surface area contributed by atoms with Gasteiger partial charge in [-0.2, -0.15) is 17.4 Å². The normalized spacial score (nSPS) is 19.8. The molecule has 1 aliphatic heterocycles. The fraction of sp³-hybridized carbons (Fsp3) is 0.778. The summed E-state index contributed by atoms with van der Waals surface area (Å²) in [6.45, 7) is 5.64. The number of hydrogen-bond donors (Lipinski definition) is 2. The van der Waals surface area contributed by atoms with Crippen LogP contribution in [0.25, 0.3) is 0 Å². The molecule has 0 spiro atoms. The Morgan fingerprint density at radius 1 is 1.40 bits per heavy atom. The van der Waals surface area contributed by atoms with Gasteiger partial charge in [-0.05, 0) is 13.8 Å². The van der Waals surface area contributed by atoms with Gasteiger partial charge in [0.2, 0.25) is 0 Å². The number of nitrogens with one attached hydrogen (secondary N) is 2. The second kappa shape index (κ2) is 4.49. The van der Waals surface area contributed by atoms with Crippen LogP contribution in [0.4, 0.5) is 0 Å². The molecular weight excluding hydrogens is 214 g/mol. The smallest absolute Gasteiger partial charge is 0.280 e. The first kappa shape index (κ1) is 12.5. The van der Waals surface area contributed by atoms with Crippen LogP contribution >= 0.6 is 0 Å². The lowest BCUT2D eigenvalue weighted by Gasteiger charge is -2.30. The monoisotopic (exact) mass is 231 g/mol. The van der Waals surface area contributed by atoms with Crippen LogP contribution in [0.2, 0.25) is 0 Å². The molecule has 86 valence electrons. The minimum atomic E-state index is -3.45. The second-order valence-electron chi connectivity index (χ2n) is 4.03. The van der Waals surface area contributed by atoms with Crippen molar-refractivity contribution in [2.24, 2.45) is 0 Å². The summed E-state index contributed by atoms with van der Waals surface area (Å²) < 4.78 is 27.6. The minimum absolute atomic E-state index is 0.482. The highest BCUT2D eigenvalue weighted by Gasteiger charge is 2.29. The summed E-state index contributed by atoms with van der Waals surface area (Å²) in [5.74, 6) is 2.40. The Kier molecular flexibility index (Phi) is 3.73. The van der Waals surface area contributed by atoms with Crippen LogP contribution in [0.5, 0.6) is 0 Å². The van der Waals surface area contributed by atoms with Gasteiger partial charge < -0.3 is 5.32 Å². The van der Waals surface area contributed by atoms with Gasteiger partial charge in [0.1, 0.15) is 0 Å². The molecule has 1 heterocycles. The zero-order valence-corrected chi connectivity index (χ0v) is 9.89. The molecule has 2 N–H and O–H groups in total. The lowest BCUT2D eigenvalue weighted by atomic mass is 10.1. The van der Waals surface area contributed by atoms with E-state index in [2.05, 4.69) is 16.0 Å². The Morgan fingerprint density at radius 2 is 1.93 bits per heavy atom. The summed E-state index contributed by atoms with van der Waals surface area (Å²) >= 11 is 0. The van der Waals surface area contributed by atoms with Crippen molar-refractivity contribution in [2.75, 3.05) is 26.2 Å². The summed E-state index contributed by atoms with van der Waals surface area (Å²) in [4.78, 5) is 0. The van der Waals surface area contributed by atoms with Crippen LogP contribution in [-0.2, 0) is 10.2 Å². The SMILES string of the molecule is C#CC(C)(C)NS(=O)(=O)N1CCNCC1. The molecule has 0 radical (unpaired) electrons. The molecule has 1 saturated heterocycles. The first-order chi connectivity index (χ1) is 6.87. The van der Waals surface area contributed by atoms with Crippen LogP contribution in [0.1, 0.15) is 13.8 Å². The third-order valence-corrected chi connectivity index (χ3v) is 3.97. The lowest BCUT2D eigenvalue weighted by Crippen LogP contribution is -2.54. The van der Waals surface area contributed by atoms with Gasteiger partial charge in [0.15, 0.2) is 0 Å². The molecule has 5 nitrogen and oxygen atoms in total. The zero-order valence-electron chi connectivity index (χ0n) is 9.08. The molecule has 15 heavy (non-hydrogen) atoms. The van der Waals surface area contributed by atoms with Crippen molar-refractivity contribution >= 4 is 10.2 Å². The fourth-order valence-corrected chi connectivity index (χ4v) is 2.80. The van der Waals surface area contributed by atoms with Crippen molar-refractivity contribution in [1.82, 2.24) is 14.3 Å². The van der Waals surface area contributed by atoms with Crippen LogP contribution < -0.4 is 10.0 Å². The summed E-state index contributed by atoms with van der Waals surface area (Å²) in [6, 6.07) is 0. The van der Waals surface area contributed by atoms with E-state index in [1.807, 2.05) is 0 Å². The topological polar surface area (TPSA) is 61.4 Å². The van der Waals surface area contributed by atoms with E-state index in [4.69, 9.17) is 6.42 Å². The molecule has 0 amide bonds. The van der Waals surface area contributed by atoms with Crippen molar-refractivity contribution in [3.63, 3.8) is 0 Å². The highest BCUT2D eigenvalue weighted by molar-refractivity contribution is 7.87. The summed E-state index contributed by atoms with van der Waals surface area (Å²) in [7, 11) is -3.45. The average Bonchev–Trinajstić information content (AvgIpc) is 2.18. The van der Waals surface area contributed by atoms with Crippen molar-refractivity contribution in [3.8, 4) is 12.3 Å². The van der Waals surface area contributed by atoms with Gasteiger partial charge in [0.05, 0.1) is 5.54 Å². The number of rotatable bonds is 3. The molecule has 0 saturated carbocycles.